The summed E-state index contributed by atoms with van der Waals surface area (Å²) >= 11 is 0. The number of hydrogen-bond donors (Lipinski definition) is 1. The van der Waals surface area contributed by atoms with Crippen LogP contribution >= 0.6 is 0 Å². The molecule has 1 fully saturated rings. The summed E-state index contributed by atoms with van der Waals surface area (Å²) in [4.78, 5) is 27.6. The van der Waals surface area contributed by atoms with Gasteiger partial charge in [-0.15, -0.1) is 0 Å². The van der Waals surface area contributed by atoms with Gasteiger partial charge in [0.25, 0.3) is 5.91 Å². The van der Waals surface area contributed by atoms with Crippen LogP contribution in [0.2, 0.25) is 0 Å². The minimum atomic E-state index is -0.443. The van der Waals surface area contributed by atoms with E-state index in [2.05, 4.69) is 29.6 Å². The van der Waals surface area contributed by atoms with Crippen molar-refractivity contribution in [3.05, 3.63) is 90.0 Å². The van der Waals surface area contributed by atoms with Gasteiger partial charge in [-0.1, -0.05) is 60.7 Å². The standard InChI is InChI=1S/C27H28N2O3/c1-2-32-24-11-6-10-23(18-24)27(31)29-17-7-12-25(29)26(30)28-19-20-13-15-22(16-14-20)21-8-4-3-5-9-21/h3-6,8-11,13-16,18,25H,2,7,12,17,19H2,1H3,(H,28,30)/t25-/m0/s1. The van der Waals surface area contributed by atoms with E-state index in [9.17, 15) is 9.59 Å². The molecule has 4 rings (SSSR count). The highest BCUT2D eigenvalue weighted by Crippen LogP contribution is 2.23. The van der Waals surface area contributed by atoms with E-state index >= 15 is 0 Å². The maximum atomic E-state index is 13.1. The van der Waals surface area contributed by atoms with Crippen molar-refractivity contribution in [2.75, 3.05) is 13.2 Å². The van der Waals surface area contributed by atoms with Gasteiger partial charge in [0, 0.05) is 18.7 Å². The normalized spacial score (nSPS) is 15.4. The molecule has 0 saturated carbocycles. The van der Waals surface area contributed by atoms with Crippen LogP contribution in [0.5, 0.6) is 5.75 Å². The van der Waals surface area contributed by atoms with E-state index in [-0.39, 0.29) is 11.8 Å². The quantitative estimate of drug-likeness (QED) is 0.595. The van der Waals surface area contributed by atoms with Crippen LogP contribution in [0.4, 0.5) is 0 Å². The van der Waals surface area contributed by atoms with Crippen LogP contribution < -0.4 is 10.1 Å². The van der Waals surface area contributed by atoms with Gasteiger partial charge in [-0.2, -0.15) is 0 Å². The predicted octanol–water partition coefficient (Wildman–Crippen LogP) is 4.67. The van der Waals surface area contributed by atoms with Crippen LogP contribution in [0.25, 0.3) is 11.1 Å². The highest BCUT2D eigenvalue weighted by atomic mass is 16.5. The second kappa shape index (κ2) is 10.1. The fraction of sp³-hybridized carbons (Fsp3) is 0.259. The number of benzene rings is 3. The Kier molecular flexibility index (Phi) is 6.85. The molecule has 2 amide bonds. The Hall–Kier alpha value is -3.60. The summed E-state index contributed by atoms with van der Waals surface area (Å²) in [6, 6.07) is 25.1. The van der Waals surface area contributed by atoms with E-state index in [1.165, 1.54) is 0 Å². The minimum absolute atomic E-state index is 0.107. The zero-order valence-electron chi connectivity index (χ0n) is 18.3. The summed E-state index contributed by atoms with van der Waals surface area (Å²) in [5.74, 6) is 0.429. The molecule has 1 saturated heterocycles. The lowest BCUT2D eigenvalue weighted by atomic mass is 10.0. The molecule has 1 aliphatic rings. The van der Waals surface area contributed by atoms with Gasteiger partial charge in [0.2, 0.25) is 5.91 Å². The molecule has 1 atom stereocenters. The van der Waals surface area contributed by atoms with Gasteiger partial charge in [-0.3, -0.25) is 9.59 Å². The molecular weight excluding hydrogens is 400 g/mol. The highest BCUT2D eigenvalue weighted by Gasteiger charge is 2.34. The maximum Gasteiger partial charge on any atom is 0.254 e. The summed E-state index contributed by atoms with van der Waals surface area (Å²) in [6.45, 7) is 3.47. The first-order valence-corrected chi connectivity index (χ1v) is 11.1. The molecule has 1 heterocycles. The van der Waals surface area contributed by atoms with Crippen molar-refractivity contribution in [2.24, 2.45) is 0 Å². The smallest absolute Gasteiger partial charge is 0.254 e. The Morgan fingerprint density at radius 2 is 1.72 bits per heavy atom. The summed E-state index contributed by atoms with van der Waals surface area (Å²) in [7, 11) is 0. The average Bonchev–Trinajstić information content (AvgIpc) is 3.33. The summed E-state index contributed by atoms with van der Waals surface area (Å²) < 4.78 is 5.51. The van der Waals surface area contributed by atoms with Gasteiger partial charge in [-0.05, 0) is 54.7 Å². The number of carbonyl (C=O) groups is 2. The second-order valence-electron chi connectivity index (χ2n) is 7.90. The molecule has 0 spiro atoms. The van der Waals surface area contributed by atoms with Crippen molar-refractivity contribution in [3.8, 4) is 16.9 Å². The summed E-state index contributed by atoms with van der Waals surface area (Å²) in [6.07, 6.45) is 1.50. The van der Waals surface area contributed by atoms with Crippen LogP contribution in [0.3, 0.4) is 0 Å². The number of ether oxygens (including phenoxy) is 1. The maximum absolute atomic E-state index is 13.1. The summed E-state index contributed by atoms with van der Waals surface area (Å²) in [5, 5.41) is 3.01. The lowest BCUT2D eigenvalue weighted by Crippen LogP contribution is -2.45. The molecule has 0 radical (unpaired) electrons. The van der Waals surface area contributed by atoms with Gasteiger partial charge in [0.1, 0.15) is 11.8 Å². The number of nitrogens with zero attached hydrogens (tertiary/aromatic N) is 1. The second-order valence-corrected chi connectivity index (χ2v) is 7.90. The Morgan fingerprint density at radius 1 is 0.969 bits per heavy atom. The van der Waals surface area contributed by atoms with Crippen LogP contribution in [0, 0.1) is 0 Å². The van der Waals surface area contributed by atoms with Crippen LogP contribution in [0.1, 0.15) is 35.7 Å². The van der Waals surface area contributed by atoms with E-state index in [1.807, 2.05) is 49.4 Å². The Morgan fingerprint density at radius 3 is 2.47 bits per heavy atom. The highest BCUT2D eigenvalue weighted by molar-refractivity contribution is 5.98. The van der Waals surface area contributed by atoms with Gasteiger partial charge in [-0.25, -0.2) is 0 Å². The Balaban J connectivity index is 1.37. The number of hydrogen-bond acceptors (Lipinski definition) is 3. The predicted molar refractivity (Wildman–Crippen MR) is 125 cm³/mol. The zero-order valence-corrected chi connectivity index (χ0v) is 18.3. The molecule has 3 aromatic carbocycles. The first-order chi connectivity index (χ1) is 15.7. The van der Waals surface area contributed by atoms with Crippen molar-refractivity contribution >= 4 is 11.8 Å². The number of carbonyl (C=O) groups excluding carboxylic acids is 2. The molecule has 1 aliphatic heterocycles. The largest absolute Gasteiger partial charge is 0.494 e. The molecular formula is C27H28N2O3. The van der Waals surface area contributed by atoms with E-state index in [0.29, 0.717) is 37.4 Å². The lowest BCUT2D eigenvalue weighted by Gasteiger charge is -2.24. The Bertz CT molecular complexity index is 1060. The molecule has 5 heteroatoms. The number of rotatable bonds is 7. The third kappa shape index (κ3) is 4.99. The van der Waals surface area contributed by atoms with Crippen molar-refractivity contribution in [2.45, 2.75) is 32.4 Å². The van der Waals surface area contributed by atoms with E-state index in [1.54, 1.807) is 17.0 Å². The SMILES string of the molecule is CCOc1cccc(C(=O)N2CCC[C@H]2C(=O)NCc2ccc(-c3ccccc3)cc2)c1. The van der Waals surface area contributed by atoms with Gasteiger partial charge < -0.3 is 15.0 Å². The van der Waals surface area contributed by atoms with Crippen molar-refractivity contribution in [1.29, 1.82) is 0 Å². The van der Waals surface area contributed by atoms with Crippen molar-refractivity contribution in [1.82, 2.24) is 10.2 Å². The third-order valence-electron chi connectivity index (χ3n) is 5.74. The molecule has 3 aromatic rings. The lowest BCUT2D eigenvalue weighted by molar-refractivity contribution is -0.125. The molecule has 1 N–H and O–H groups in total. The topological polar surface area (TPSA) is 58.6 Å². The van der Waals surface area contributed by atoms with Crippen LogP contribution in [-0.4, -0.2) is 35.9 Å². The van der Waals surface area contributed by atoms with Gasteiger partial charge in [0.15, 0.2) is 0 Å². The number of likely N-dealkylation sites (tertiary alicyclic amines) is 1. The molecule has 164 valence electrons. The first-order valence-electron chi connectivity index (χ1n) is 11.1. The fourth-order valence-electron chi connectivity index (χ4n) is 4.09. The molecule has 0 aliphatic carbocycles. The fourth-order valence-corrected chi connectivity index (χ4v) is 4.09. The van der Waals surface area contributed by atoms with E-state index < -0.39 is 6.04 Å². The minimum Gasteiger partial charge on any atom is -0.494 e. The third-order valence-corrected chi connectivity index (χ3v) is 5.74. The summed E-state index contributed by atoms with van der Waals surface area (Å²) in [5.41, 5.74) is 3.88. The van der Waals surface area contributed by atoms with Crippen LogP contribution in [-0.2, 0) is 11.3 Å². The molecule has 0 aromatic heterocycles. The van der Waals surface area contributed by atoms with E-state index in [4.69, 9.17) is 4.74 Å². The van der Waals surface area contributed by atoms with Gasteiger partial charge >= 0.3 is 0 Å². The zero-order chi connectivity index (χ0) is 22.3. The molecule has 0 bridgehead atoms. The van der Waals surface area contributed by atoms with Crippen molar-refractivity contribution in [3.63, 3.8) is 0 Å². The number of nitrogens with one attached hydrogen (secondary N) is 1. The van der Waals surface area contributed by atoms with Crippen molar-refractivity contribution < 1.29 is 14.3 Å². The monoisotopic (exact) mass is 428 g/mol. The molecule has 32 heavy (non-hydrogen) atoms. The molecule has 5 nitrogen and oxygen atoms in total. The average molecular weight is 429 g/mol. The molecule has 0 unspecified atom stereocenters. The number of amides is 2. The van der Waals surface area contributed by atoms with Crippen LogP contribution in [0.15, 0.2) is 78.9 Å². The van der Waals surface area contributed by atoms with E-state index in [0.717, 1.165) is 23.1 Å². The van der Waals surface area contributed by atoms with Gasteiger partial charge in [0.05, 0.1) is 6.61 Å². The Labute approximate surface area is 189 Å². The first kappa shape index (κ1) is 21.6.